The second-order valence-corrected chi connectivity index (χ2v) is 6.67. The van der Waals surface area contributed by atoms with E-state index in [0.29, 0.717) is 11.4 Å². The zero-order chi connectivity index (χ0) is 18.6. The summed E-state index contributed by atoms with van der Waals surface area (Å²) in [6.07, 6.45) is 1.83. The van der Waals surface area contributed by atoms with E-state index in [4.69, 9.17) is 17.0 Å². The lowest BCUT2D eigenvalue weighted by Gasteiger charge is -2.34. The normalized spacial score (nSPS) is 15.1. The molecular weight excluding hydrogens is 362 g/mol. The van der Waals surface area contributed by atoms with Crippen LogP contribution in [0.4, 0.5) is 5.82 Å². The molecule has 4 rings (SSSR count). The van der Waals surface area contributed by atoms with Gasteiger partial charge in [0.25, 0.3) is 0 Å². The molecule has 9 heteroatoms. The molecular formula is C18H21N7OS. The van der Waals surface area contributed by atoms with E-state index in [1.165, 1.54) is 0 Å². The Morgan fingerprint density at radius 2 is 1.78 bits per heavy atom. The van der Waals surface area contributed by atoms with Gasteiger partial charge >= 0.3 is 0 Å². The maximum atomic E-state index is 5.56. The summed E-state index contributed by atoms with van der Waals surface area (Å²) in [5.74, 6) is 1.82. The Balaban J connectivity index is 1.41. The van der Waals surface area contributed by atoms with Crippen molar-refractivity contribution in [1.82, 2.24) is 29.7 Å². The smallest absolute Gasteiger partial charge is 0.221 e. The summed E-state index contributed by atoms with van der Waals surface area (Å²) in [5.41, 5.74) is 0.868. The van der Waals surface area contributed by atoms with Gasteiger partial charge in [-0.15, -0.1) is 0 Å². The standard InChI is InChI=1S/C18H21N7OS/c1-26-16-7-5-15(6-8-16)25-18(27)24(20-21-25)14-22-10-12-23(13-11-22)17-4-2-3-9-19-17/h2-9H,10-14H2,1H3. The molecule has 0 saturated carbocycles. The van der Waals surface area contributed by atoms with E-state index in [1.807, 2.05) is 48.7 Å². The molecule has 3 aromatic rings. The lowest BCUT2D eigenvalue weighted by atomic mass is 10.3. The monoisotopic (exact) mass is 383 g/mol. The second kappa shape index (κ2) is 7.85. The first-order valence-corrected chi connectivity index (χ1v) is 9.21. The summed E-state index contributed by atoms with van der Waals surface area (Å²) in [6, 6.07) is 13.6. The van der Waals surface area contributed by atoms with Crippen LogP contribution in [0.15, 0.2) is 48.7 Å². The first kappa shape index (κ1) is 17.6. The molecule has 3 heterocycles. The van der Waals surface area contributed by atoms with Crippen molar-refractivity contribution in [2.24, 2.45) is 0 Å². The van der Waals surface area contributed by atoms with Gasteiger partial charge in [0.05, 0.1) is 19.5 Å². The number of aromatic nitrogens is 5. The van der Waals surface area contributed by atoms with E-state index in [1.54, 1.807) is 16.5 Å². The minimum Gasteiger partial charge on any atom is -0.497 e. The number of tetrazole rings is 1. The lowest BCUT2D eigenvalue weighted by molar-refractivity contribution is 0.192. The molecule has 27 heavy (non-hydrogen) atoms. The fourth-order valence-corrected chi connectivity index (χ4v) is 3.33. The van der Waals surface area contributed by atoms with Crippen molar-refractivity contribution >= 4 is 18.0 Å². The molecule has 0 aliphatic carbocycles. The van der Waals surface area contributed by atoms with Crippen LogP contribution in [0.1, 0.15) is 0 Å². The first-order chi connectivity index (χ1) is 13.2. The Morgan fingerprint density at radius 1 is 1.00 bits per heavy atom. The number of pyridine rings is 1. The number of anilines is 1. The van der Waals surface area contributed by atoms with Crippen molar-refractivity contribution in [3.05, 3.63) is 53.4 Å². The molecule has 0 N–H and O–H groups in total. The van der Waals surface area contributed by atoms with Crippen LogP contribution in [0.5, 0.6) is 5.75 Å². The summed E-state index contributed by atoms with van der Waals surface area (Å²) in [7, 11) is 1.64. The molecule has 0 atom stereocenters. The third-order valence-corrected chi connectivity index (χ3v) is 5.02. The Bertz CT molecular complexity index is 930. The molecule has 0 spiro atoms. The highest BCUT2D eigenvalue weighted by molar-refractivity contribution is 7.71. The van der Waals surface area contributed by atoms with E-state index in [9.17, 15) is 0 Å². The van der Waals surface area contributed by atoms with Crippen LogP contribution < -0.4 is 9.64 Å². The molecule has 1 fully saturated rings. The number of hydrogen-bond donors (Lipinski definition) is 0. The third kappa shape index (κ3) is 3.83. The number of methoxy groups -OCH3 is 1. The molecule has 0 bridgehead atoms. The van der Waals surface area contributed by atoms with Crippen molar-refractivity contribution in [2.75, 3.05) is 38.2 Å². The van der Waals surface area contributed by atoms with Crippen LogP contribution in [0.3, 0.4) is 0 Å². The van der Waals surface area contributed by atoms with Crippen molar-refractivity contribution in [3.63, 3.8) is 0 Å². The summed E-state index contributed by atoms with van der Waals surface area (Å²) >= 11 is 5.56. The first-order valence-electron chi connectivity index (χ1n) is 8.80. The average Bonchev–Trinajstić information content (AvgIpc) is 3.09. The van der Waals surface area contributed by atoms with Gasteiger partial charge in [-0.3, -0.25) is 4.90 Å². The number of piperazine rings is 1. The van der Waals surface area contributed by atoms with Crippen LogP contribution in [-0.2, 0) is 6.67 Å². The molecule has 2 aromatic heterocycles. The van der Waals surface area contributed by atoms with E-state index in [2.05, 4.69) is 25.2 Å². The van der Waals surface area contributed by atoms with E-state index in [0.717, 1.165) is 43.4 Å². The molecule has 1 aliphatic rings. The van der Waals surface area contributed by atoms with Crippen LogP contribution in [0.2, 0.25) is 0 Å². The summed E-state index contributed by atoms with van der Waals surface area (Å²) in [5, 5.41) is 8.44. The molecule has 0 radical (unpaired) electrons. The van der Waals surface area contributed by atoms with Crippen LogP contribution in [-0.4, -0.2) is 63.0 Å². The number of benzene rings is 1. The van der Waals surface area contributed by atoms with Gasteiger partial charge in [-0.05, 0) is 59.0 Å². The van der Waals surface area contributed by atoms with Gasteiger partial charge in [-0.1, -0.05) is 6.07 Å². The summed E-state index contributed by atoms with van der Waals surface area (Å²) in [6.45, 7) is 4.33. The topological polar surface area (TPSA) is 64.2 Å². The minimum absolute atomic E-state index is 0.576. The van der Waals surface area contributed by atoms with Gasteiger partial charge in [0.1, 0.15) is 11.6 Å². The summed E-state index contributed by atoms with van der Waals surface area (Å²) < 4.78 is 9.19. The predicted octanol–water partition coefficient (Wildman–Crippen LogP) is 1.98. The van der Waals surface area contributed by atoms with Crippen molar-refractivity contribution < 1.29 is 4.74 Å². The van der Waals surface area contributed by atoms with Crippen molar-refractivity contribution in [2.45, 2.75) is 6.67 Å². The quantitative estimate of drug-likeness (QED) is 0.624. The SMILES string of the molecule is COc1ccc(-n2nnn(CN3CCN(c4ccccn4)CC3)c2=S)cc1. The van der Waals surface area contributed by atoms with Gasteiger partial charge in [0.2, 0.25) is 4.77 Å². The molecule has 0 amide bonds. The fraction of sp³-hybridized carbons (Fsp3) is 0.333. The number of nitrogens with zero attached hydrogens (tertiary/aromatic N) is 7. The molecule has 0 unspecified atom stereocenters. The highest BCUT2D eigenvalue weighted by atomic mass is 32.1. The van der Waals surface area contributed by atoms with Gasteiger partial charge in [0.15, 0.2) is 0 Å². The summed E-state index contributed by atoms with van der Waals surface area (Å²) in [4.78, 5) is 9.04. The zero-order valence-electron chi connectivity index (χ0n) is 15.1. The Hall–Kier alpha value is -2.78. The second-order valence-electron chi connectivity index (χ2n) is 6.31. The van der Waals surface area contributed by atoms with Gasteiger partial charge in [-0.2, -0.15) is 4.68 Å². The van der Waals surface area contributed by atoms with Gasteiger partial charge < -0.3 is 9.64 Å². The average molecular weight is 383 g/mol. The number of ether oxygens (including phenoxy) is 1. The largest absolute Gasteiger partial charge is 0.497 e. The molecule has 1 saturated heterocycles. The van der Waals surface area contributed by atoms with Crippen molar-refractivity contribution in [3.8, 4) is 11.4 Å². The zero-order valence-corrected chi connectivity index (χ0v) is 15.9. The Labute approximate surface area is 162 Å². The highest BCUT2D eigenvalue weighted by Gasteiger charge is 2.19. The van der Waals surface area contributed by atoms with Crippen molar-refractivity contribution in [1.29, 1.82) is 0 Å². The van der Waals surface area contributed by atoms with E-state index >= 15 is 0 Å². The molecule has 8 nitrogen and oxygen atoms in total. The molecule has 1 aromatic carbocycles. The third-order valence-electron chi connectivity index (χ3n) is 4.64. The lowest BCUT2D eigenvalue weighted by Crippen LogP contribution is -2.47. The van der Waals surface area contributed by atoms with Crippen LogP contribution in [0.25, 0.3) is 5.69 Å². The van der Waals surface area contributed by atoms with Gasteiger partial charge in [-0.25, -0.2) is 9.67 Å². The van der Waals surface area contributed by atoms with Crippen LogP contribution >= 0.6 is 12.2 Å². The number of rotatable bonds is 5. The maximum Gasteiger partial charge on any atom is 0.221 e. The highest BCUT2D eigenvalue weighted by Crippen LogP contribution is 2.15. The van der Waals surface area contributed by atoms with Gasteiger partial charge in [0, 0.05) is 32.4 Å². The minimum atomic E-state index is 0.576. The Morgan fingerprint density at radius 3 is 2.44 bits per heavy atom. The maximum absolute atomic E-state index is 5.56. The molecule has 140 valence electrons. The molecule has 1 aliphatic heterocycles. The number of hydrogen-bond acceptors (Lipinski definition) is 7. The Kier molecular flexibility index (Phi) is 5.12. The van der Waals surface area contributed by atoms with Crippen LogP contribution in [0, 0.1) is 4.77 Å². The van der Waals surface area contributed by atoms with E-state index in [-0.39, 0.29) is 0 Å². The van der Waals surface area contributed by atoms with E-state index < -0.39 is 0 Å². The fourth-order valence-electron chi connectivity index (χ4n) is 3.10. The predicted molar refractivity (Wildman–Crippen MR) is 105 cm³/mol.